The molecule has 84 valence electrons. The van der Waals surface area contributed by atoms with Gasteiger partial charge in [-0.15, -0.1) is 0 Å². The number of carbonyl (C=O) groups excluding carboxylic acids is 1. The molecule has 1 amide bonds. The second kappa shape index (κ2) is 6.19. The molecule has 0 saturated carbocycles. The second-order valence-corrected chi connectivity index (χ2v) is 3.30. The summed E-state index contributed by atoms with van der Waals surface area (Å²) in [4.78, 5) is 15.5. The summed E-state index contributed by atoms with van der Waals surface area (Å²) >= 11 is 0. The van der Waals surface area contributed by atoms with Crippen molar-refractivity contribution in [3.8, 4) is 0 Å². The minimum absolute atomic E-state index is 0.00667. The molecule has 0 fully saturated rings. The molecule has 1 N–H and O–H groups in total. The predicted octanol–water partition coefficient (Wildman–Crippen LogP) is 0.344. The average molecular weight is 211 g/mol. The van der Waals surface area contributed by atoms with Gasteiger partial charge in [0.25, 0.3) is 0 Å². The van der Waals surface area contributed by atoms with E-state index in [-0.39, 0.29) is 5.91 Å². The van der Waals surface area contributed by atoms with Gasteiger partial charge in [-0.05, 0) is 13.3 Å². The average Bonchev–Trinajstić information content (AvgIpc) is 2.59. The van der Waals surface area contributed by atoms with E-state index in [1.165, 1.54) is 0 Å². The van der Waals surface area contributed by atoms with Crippen LogP contribution in [0.3, 0.4) is 0 Å². The Hall–Kier alpha value is -1.36. The molecule has 0 aromatic carbocycles. The fourth-order valence-corrected chi connectivity index (χ4v) is 1.23. The molecule has 1 aromatic rings. The van der Waals surface area contributed by atoms with Crippen LogP contribution in [0.5, 0.6) is 0 Å². The molecule has 0 aliphatic carbocycles. The van der Waals surface area contributed by atoms with Crippen molar-refractivity contribution in [3.63, 3.8) is 0 Å². The number of carbonyl (C=O) groups is 1. The molecule has 0 atom stereocenters. The number of imidazole rings is 1. The van der Waals surface area contributed by atoms with Gasteiger partial charge < -0.3 is 14.6 Å². The van der Waals surface area contributed by atoms with Crippen LogP contribution < -0.4 is 5.32 Å². The Morgan fingerprint density at radius 3 is 3.07 bits per heavy atom. The van der Waals surface area contributed by atoms with Crippen LogP contribution in [0.2, 0.25) is 0 Å². The van der Waals surface area contributed by atoms with Gasteiger partial charge in [0.1, 0.15) is 12.4 Å². The molecular weight excluding hydrogens is 194 g/mol. The third-order valence-corrected chi connectivity index (χ3v) is 2.08. The minimum Gasteiger partial charge on any atom is -0.385 e. The van der Waals surface area contributed by atoms with Gasteiger partial charge in [0, 0.05) is 32.7 Å². The van der Waals surface area contributed by atoms with Crippen molar-refractivity contribution >= 4 is 5.91 Å². The molecule has 0 aliphatic rings. The standard InChI is InChI=1S/C10H17N3O2/c1-9-11-5-6-13(9)8-10(14)12-4-3-7-15-2/h5-6H,3-4,7-8H2,1-2H3,(H,12,14). The van der Waals surface area contributed by atoms with Crippen molar-refractivity contribution in [2.24, 2.45) is 0 Å². The summed E-state index contributed by atoms with van der Waals surface area (Å²) in [7, 11) is 1.65. The van der Waals surface area contributed by atoms with Crippen LogP contribution >= 0.6 is 0 Å². The lowest BCUT2D eigenvalue weighted by atomic mass is 10.4. The number of aryl methyl sites for hydroxylation is 1. The van der Waals surface area contributed by atoms with Crippen LogP contribution in [-0.4, -0.2) is 35.7 Å². The molecule has 0 saturated heterocycles. The maximum absolute atomic E-state index is 11.4. The molecule has 0 aliphatic heterocycles. The van der Waals surface area contributed by atoms with Crippen molar-refractivity contribution in [2.45, 2.75) is 19.9 Å². The van der Waals surface area contributed by atoms with Gasteiger partial charge in [0.05, 0.1) is 0 Å². The summed E-state index contributed by atoms with van der Waals surface area (Å²) in [6, 6.07) is 0. The molecular formula is C10H17N3O2. The molecule has 5 heteroatoms. The highest BCUT2D eigenvalue weighted by Gasteiger charge is 2.03. The summed E-state index contributed by atoms with van der Waals surface area (Å²) in [5.74, 6) is 0.856. The number of hydrogen-bond donors (Lipinski definition) is 1. The van der Waals surface area contributed by atoms with Crippen molar-refractivity contribution in [2.75, 3.05) is 20.3 Å². The predicted molar refractivity (Wildman–Crippen MR) is 56.5 cm³/mol. The number of nitrogens with one attached hydrogen (secondary N) is 1. The van der Waals surface area contributed by atoms with Gasteiger partial charge in [0.2, 0.25) is 5.91 Å². The Labute approximate surface area is 89.4 Å². The van der Waals surface area contributed by atoms with Crippen LogP contribution in [0.25, 0.3) is 0 Å². The van der Waals surface area contributed by atoms with E-state index in [1.54, 1.807) is 19.5 Å². The number of rotatable bonds is 6. The molecule has 0 radical (unpaired) electrons. The first-order valence-electron chi connectivity index (χ1n) is 4.97. The van der Waals surface area contributed by atoms with Crippen molar-refractivity contribution < 1.29 is 9.53 Å². The summed E-state index contributed by atoms with van der Waals surface area (Å²) < 4.78 is 6.69. The molecule has 0 bridgehead atoms. The highest BCUT2D eigenvalue weighted by molar-refractivity contribution is 5.75. The zero-order chi connectivity index (χ0) is 11.1. The van der Waals surface area contributed by atoms with E-state index in [4.69, 9.17) is 4.74 Å². The van der Waals surface area contributed by atoms with Crippen molar-refractivity contribution in [3.05, 3.63) is 18.2 Å². The smallest absolute Gasteiger partial charge is 0.239 e. The lowest BCUT2D eigenvalue weighted by molar-refractivity contribution is -0.121. The Morgan fingerprint density at radius 1 is 1.67 bits per heavy atom. The number of ether oxygens (including phenoxy) is 1. The van der Waals surface area contributed by atoms with Crippen molar-refractivity contribution in [1.82, 2.24) is 14.9 Å². The first-order chi connectivity index (χ1) is 7.24. The number of methoxy groups -OCH3 is 1. The first kappa shape index (κ1) is 11.7. The highest BCUT2D eigenvalue weighted by Crippen LogP contribution is 1.94. The zero-order valence-corrected chi connectivity index (χ0v) is 9.19. The summed E-state index contributed by atoms with van der Waals surface area (Å²) in [5.41, 5.74) is 0. The highest BCUT2D eigenvalue weighted by atomic mass is 16.5. The molecule has 1 heterocycles. The summed E-state index contributed by atoms with van der Waals surface area (Å²) in [6.45, 7) is 3.53. The third-order valence-electron chi connectivity index (χ3n) is 2.08. The van der Waals surface area contributed by atoms with E-state index in [0.29, 0.717) is 19.7 Å². The van der Waals surface area contributed by atoms with E-state index in [0.717, 1.165) is 12.2 Å². The number of aromatic nitrogens is 2. The Kier molecular flexibility index (Phi) is 4.83. The normalized spacial score (nSPS) is 10.3. The summed E-state index contributed by atoms with van der Waals surface area (Å²) in [5, 5.41) is 2.82. The van der Waals surface area contributed by atoms with Gasteiger partial charge >= 0.3 is 0 Å². The number of amides is 1. The van der Waals surface area contributed by atoms with Gasteiger partial charge in [-0.3, -0.25) is 4.79 Å². The third kappa shape index (κ3) is 4.12. The van der Waals surface area contributed by atoms with Crippen LogP contribution in [0.15, 0.2) is 12.4 Å². The van der Waals surface area contributed by atoms with Gasteiger partial charge in [-0.1, -0.05) is 0 Å². The quantitative estimate of drug-likeness (QED) is 0.690. The van der Waals surface area contributed by atoms with E-state index >= 15 is 0 Å². The number of hydrogen-bond acceptors (Lipinski definition) is 3. The second-order valence-electron chi connectivity index (χ2n) is 3.30. The first-order valence-corrected chi connectivity index (χ1v) is 4.97. The monoisotopic (exact) mass is 211 g/mol. The minimum atomic E-state index is 0.00667. The summed E-state index contributed by atoms with van der Waals surface area (Å²) in [6.07, 6.45) is 4.32. The van der Waals surface area contributed by atoms with E-state index in [2.05, 4.69) is 10.3 Å². The fraction of sp³-hybridized carbons (Fsp3) is 0.600. The Bertz CT molecular complexity index is 309. The lowest BCUT2D eigenvalue weighted by Gasteiger charge is -2.06. The SMILES string of the molecule is COCCCNC(=O)Cn1ccnc1C. The molecule has 1 rings (SSSR count). The molecule has 15 heavy (non-hydrogen) atoms. The molecule has 1 aromatic heterocycles. The van der Waals surface area contributed by atoms with Gasteiger partial charge in [-0.25, -0.2) is 4.98 Å². The largest absolute Gasteiger partial charge is 0.385 e. The van der Waals surface area contributed by atoms with E-state index in [9.17, 15) is 4.79 Å². The molecule has 0 spiro atoms. The number of nitrogens with zero attached hydrogens (tertiary/aromatic N) is 2. The Balaban J connectivity index is 2.22. The maximum atomic E-state index is 11.4. The van der Waals surface area contributed by atoms with Crippen LogP contribution in [-0.2, 0) is 16.1 Å². The lowest BCUT2D eigenvalue weighted by Crippen LogP contribution is -2.29. The topological polar surface area (TPSA) is 56.1 Å². The molecule has 5 nitrogen and oxygen atoms in total. The van der Waals surface area contributed by atoms with Crippen LogP contribution in [0.1, 0.15) is 12.2 Å². The Morgan fingerprint density at radius 2 is 2.47 bits per heavy atom. The maximum Gasteiger partial charge on any atom is 0.239 e. The van der Waals surface area contributed by atoms with E-state index < -0.39 is 0 Å². The van der Waals surface area contributed by atoms with Crippen molar-refractivity contribution in [1.29, 1.82) is 0 Å². The van der Waals surface area contributed by atoms with Crippen LogP contribution in [0, 0.1) is 6.92 Å². The van der Waals surface area contributed by atoms with Crippen LogP contribution in [0.4, 0.5) is 0 Å². The van der Waals surface area contributed by atoms with E-state index in [1.807, 2.05) is 11.5 Å². The van der Waals surface area contributed by atoms with Gasteiger partial charge in [-0.2, -0.15) is 0 Å². The molecule has 0 unspecified atom stereocenters. The van der Waals surface area contributed by atoms with Gasteiger partial charge in [0.15, 0.2) is 0 Å². The fourth-order valence-electron chi connectivity index (χ4n) is 1.23. The zero-order valence-electron chi connectivity index (χ0n) is 9.19.